The molecule has 25 heavy (non-hydrogen) atoms. The molecule has 0 spiro atoms. The van der Waals surface area contributed by atoms with E-state index in [0.717, 1.165) is 22.8 Å². The van der Waals surface area contributed by atoms with Gasteiger partial charge in [0.2, 0.25) is 0 Å². The van der Waals surface area contributed by atoms with Crippen molar-refractivity contribution in [2.45, 2.75) is 4.90 Å². The molecule has 11 heteroatoms. The number of pyridine rings is 1. The molecule has 10 nitrogen and oxygen atoms in total. The lowest BCUT2D eigenvalue weighted by molar-refractivity contribution is 0.0880. The fraction of sp³-hybridized carbons (Fsp3) is 0.0714. The highest BCUT2D eigenvalue weighted by atomic mass is 32.2. The van der Waals surface area contributed by atoms with Crippen molar-refractivity contribution in [3.63, 3.8) is 0 Å². The number of hydrogen-bond acceptors (Lipinski definition) is 7. The van der Waals surface area contributed by atoms with E-state index >= 15 is 0 Å². The van der Waals surface area contributed by atoms with Gasteiger partial charge in [0.25, 0.3) is 27.5 Å². The topological polar surface area (TPSA) is 158 Å². The summed E-state index contributed by atoms with van der Waals surface area (Å²) >= 11 is 0. The number of amides is 2. The number of aromatic nitrogens is 1. The van der Waals surface area contributed by atoms with Gasteiger partial charge in [-0.25, -0.2) is 0 Å². The van der Waals surface area contributed by atoms with Gasteiger partial charge in [0.15, 0.2) is 0 Å². The van der Waals surface area contributed by atoms with Crippen LogP contribution in [0.3, 0.4) is 0 Å². The second kappa shape index (κ2) is 5.43. The van der Waals surface area contributed by atoms with E-state index in [9.17, 15) is 27.4 Å². The van der Waals surface area contributed by atoms with Gasteiger partial charge in [-0.05, 0) is 18.2 Å². The molecule has 0 fully saturated rings. The van der Waals surface area contributed by atoms with Crippen LogP contribution in [0.25, 0.3) is 5.69 Å². The summed E-state index contributed by atoms with van der Waals surface area (Å²) in [5.41, 5.74) is 4.61. The third-order valence-corrected chi connectivity index (χ3v) is 4.49. The summed E-state index contributed by atoms with van der Waals surface area (Å²) in [6.07, 6.45) is 0. The highest BCUT2D eigenvalue weighted by Gasteiger charge is 2.32. The lowest BCUT2D eigenvalue weighted by Gasteiger charge is -2.15. The Bertz CT molecular complexity index is 1100. The van der Waals surface area contributed by atoms with Gasteiger partial charge in [-0.3, -0.25) is 28.8 Å². The van der Waals surface area contributed by atoms with Crippen LogP contribution in [0.1, 0.15) is 20.7 Å². The van der Waals surface area contributed by atoms with E-state index in [0.29, 0.717) is 0 Å². The van der Waals surface area contributed by atoms with Gasteiger partial charge in [0, 0.05) is 6.07 Å². The molecule has 1 aromatic carbocycles. The molecule has 2 amide bonds. The maximum atomic E-state index is 12.4. The largest absolute Gasteiger partial charge is 0.495 e. The van der Waals surface area contributed by atoms with Crippen molar-refractivity contribution in [1.82, 2.24) is 9.88 Å². The number of ether oxygens (including phenoxy) is 1. The summed E-state index contributed by atoms with van der Waals surface area (Å²) in [6.45, 7) is 0. The van der Waals surface area contributed by atoms with Crippen molar-refractivity contribution >= 4 is 27.8 Å². The van der Waals surface area contributed by atoms with E-state index in [1.54, 1.807) is 0 Å². The number of nitrogens with two attached hydrogens (primary N) is 1. The van der Waals surface area contributed by atoms with E-state index in [1.807, 2.05) is 5.32 Å². The third kappa shape index (κ3) is 2.55. The van der Waals surface area contributed by atoms with Crippen LogP contribution in [-0.2, 0) is 10.1 Å². The van der Waals surface area contributed by atoms with E-state index in [-0.39, 0.29) is 28.4 Å². The number of carbonyl (C=O) groups is 2. The summed E-state index contributed by atoms with van der Waals surface area (Å²) in [6, 6.07) is 4.16. The molecule has 0 saturated heterocycles. The number of benzene rings is 1. The number of anilines is 1. The van der Waals surface area contributed by atoms with Gasteiger partial charge in [-0.1, -0.05) is 0 Å². The molecule has 130 valence electrons. The van der Waals surface area contributed by atoms with Crippen molar-refractivity contribution in [3.8, 4) is 11.4 Å². The maximum Gasteiger partial charge on any atom is 0.294 e. The molecule has 4 N–H and O–H groups in total. The Balaban J connectivity index is 2.39. The molecule has 0 atom stereocenters. The summed E-state index contributed by atoms with van der Waals surface area (Å²) in [7, 11) is -3.29. The highest BCUT2D eigenvalue weighted by molar-refractivity contribution is 7.85. The molecule has 0 bridgehead atoms. The predicted octanol–water partition coefficient (Wildman–Crippen LogP) is -0.441. The number of methoxy groups -OCH3 is 1. The number of nitrogens with one attached hydrogen (secondary N) is 1. The van der Waals surface area contributed by atoms with Crippen LogP contribution in [0, 0.1) is 0 Å². The lowest BCUT2D eigenvalue weighted by Crippen LogP contribution is -2.24. The molecule has 0 radical (unpaired) electrons. The van der Waals surface area contributed by atoms with Crippen LogP contribution < -0.4 is 21.3 Å². The number of rotatable bonds is 3. The minimum absolute atomic E-state index is 0.0610. The van der Waals surface area contributed by atoms with Gasteiger partial charge in [0.05, 0.1) is 28.8 Å². The Kier molecular flexibility index (Phi) is 3.62. The van der Waals surface area contributed by atoms with Gasteiger partial charge in [-0.15, -0.1) is 0 Å². The number of hydrogen-bond donors (Lipinski definition) is 3. The van der Waals surface area contributed by atoms with Crippen LogP contribution >= 0.6 is 0 Å². The van der Waals surface area contributed by atoms with Gasteiger partial charge >= 0.3 is 0 Å². The van der Waals surface area contributed by atoms with Crippen LogP contribution in [0.2, 0.25) is 0 Å². The van der Waals surface area contributed by atoms with Crippen LogP contribution in [0.15, 0.2) is 34.0 Å². The third-order valence-electron chi connectivity index (χ3n) is 3.64. The molecule has 0 unspecified atom stereocenters. The summed E-state index contributed by atoms with van der Waals surface area (Å²) < 4.78 is 37.8. The molecule has 2 aromatic rings. The molecule has 3 rings (SSSR count). The second-order valence-electron chi connectivity index (χ2n) is 5.08. The van der Waals surface area contributed by atoms with Crippen molar-refractivity contribution in [2.24, 2.45) is 0 Å². The fourth-order valence-electron chi connectivity index (χ4n) is 2.53. The van der Waals surface area contributed by atoms with Crippen molar-refractivity contribution < 1.29 is 27.3 Å². The van der Waals surface area contributed by atoms with Crippen LogP contribution in [0.4, 0.5) is 5.82 Å². The van der Waals surface area contributed by atoms with Crippen LogP contribution in [-0.4, -0.2) is 36.5 Å². The molecular formula is C14H11N3O7S. The van der Waals surface area contributed by atoms with Crippen molar-refractivity contribution in [3.05, 3.63) is 45.7 Å². The normalized spacial score (nSPS) is 13.5. The number of imide groups is 1. The quantitative estimate of drug-likeness (QED) is 0.488. The standard InChI is InChI=1S/C14H11N3O7S/c1-24-9-3-2-6(25(21,22)23)4-8(9)17-10(18)5-7-11(12(17)15)14(20)16-13(7)19/h2-5H,15H2,1H3,(H,16,19,20)(H,21,22,23). The van der Waals surface area contributed by atoms with Gasteiger partial charge in [0.1, 0.15) is 11.6 Å². The Morgan fingerprint density at radius 2 is 1.84 bits per heavy atom. The van der Waals surface area contributed by atoms with Crippen molar-refractivity contribution in [1.29, 1.82) is 0 Å². The monoisotopic (exact) mass is 365 g/mol. The minimum atomic E-state index is -4.56. The number of nitrogen functional groups attached to an aromatic ring is 1. The molecule has 2 heterocycles. The number of carbonyl (C=O) groups excluding carboxylic acids is 2. The summed E-state index contributed by atoms with van der Waals surface area (Å²) in [5, 5.41) is 2.02. The number of nitrogens with zero attached hydrogens (tertiary/aromatic N) is 1. The lowest BCUT2D eigenvalue weighted by atomic mass is 10.1. The molecule has 0 saturated carbocycles. The number of fused-ring (bicyclic) bond motifs is 1. The van der Waals surface area contributed by atoms with E-state index in [4.69, 9.17) is 10.5 Å². The summed E-state index contributed by atoms with van der Waals surface area (Å²) in [5.74, 6) is -1.84. The smallest absolute Gasteiger partial charge is 0.294 e. The SMILES string of the molecule is COc1ccc(S(=O)(=O)O)cc1-n1c(N)c2c(cc1=O)C(=O)NC2=O. The molecule has 1 aliphatic heterocycles. The minimum Gasteiger partial charge on any atom is -0.495 e. The van der Waals surface area contributed by atoms with Crippen LogP contribution in [0.5, 0.6) is 5.75 Å². The van der Waals surface area contributed by atoms with Crippen molar-refractivity contribution in [2.75, 3.05) is 12.8 Å². The predicted molar refractivity (Wildman–Crippen MR) is 84.6 cm³/mol. The Hall–Kier alpha value is -3.18. The zero-order valence-electron chi connectivity index (χ0n) is 12.6. The average Bonchev–Trinajstić information content (AvgIpc) is 2.80. The molecular weight excluding hydrogens is 354 g/mol. The zero-order chi connectivity index (χ0) is 18.5. The maximum absolute atomic E-state index is 12.4. The Morgan fingerprint density at radius 3 is 2.44 bits per heavy atom. The molecule has 1 aromatic heterocycles. The average molecular weight is 365 g/mol. The zero-order valence-corrected chi connectivity index (χ0v) is 13.5. The highest BCUT2D eigenvalue weighted by Crippen LogP contribution is 2.29. The Labute approximate surface area is 140 Å². The second-order valence-corrected chi connectivity index (χ2v) is 6.51. The van der Waals surface area contributed by atoms with E-state index < -0.39 is 32.4 Å². The van der Waals surface area contributed by atoms with Gasteiger partial charge in [-0.2, -0.15) is 8.42 Å². The first-order valence-electron chi connectivity index (χ1n) is 6.72. The fourth-order valence-corrected chi connectivity index (χ4v) is 3.03. The van der Waals surface area contributed by atoms with E-state index in [2.05, 4.69) is 0 Å². The first kappa shape index (κ1) is 16.7. The first-order valence-corrected chi connectivity index (χ1v) is 8.16. The van der Waals surface area contributed by atoms with E-state index in [1.165, 1.54) is 13.2 Å². The molecule has 0 aliphatic carbocycles. The Morgan fingerprint density at radius 1 is 1.16 bits per heavy atom. The molecule has 1 aliphatic rings. The van der Waals surface area contributed by atoms with Gasteiger partial charge < -0.3 is 10.5 Å². The summed E-state index contributed by atoms with van der Waals surface area (Å²) in [4.78, 5) is 35.4. The first-order chi connectivity index (χ1) is 11.6.